The molecule has 0 spiro atoms. The van der Waals surface area contributed by atoms with Crippen LogP contribution in [0.25, 0.3) is 22.4 Å². The number of hydrogen-bond acceptors (Lipinski definition) is 5. The number of para-hydroxylation sites is 4. The van der Waals surface area contributed by atoms with E-state index in [1.165, 1.54) is 5.56 Å². The van der Waals surface area contributed by atoms with Crippen LogP contribution in [-0.2, 0) is 11.3 Å². The fourth-order valence-electron chi connectivity index (χ4n) is 3.93. The highest BCUT2D eigenvalue weighted by molar-refractivity contribution is 5.81. The molecule has 35 heavy (non-hydrogen) atoms. The minimum Gasteiger partial charge on any atom is -0.493 e. The second-order valence-electron chi connectivity index (χ2n) is 7.93. The number of carbonyl (C=O) groups is 1. The van der Waals surface area contributed by atoms with Crippen molar-refractivity contribution in [2.75, 3.05) is 13.7 Å². The second kappa shape index (κ2) is 10.1. The van der Waals surface area contributed by atoms with Crippen molar-refractivity contribution in [2.24, 2.45) is 0 Å². The van der Waals surface area contributed by atoms with Gasteiger partial charge in [-0.1, -0.05) is 54.6 Å². The monoisotopic (exact) mass is 464 g/mol. The topological polar surface area (TPSA) is 62.6 Å². The zero-order valence-electron chi connectivity index (χ0n) is 19.3. The molecule has 0 N–H and O–H groups in total. The first-order valence-electron chi connectivity index (χ1n) is 11.3. The quantitative estimate of drug-likeness (QED) is 0.216. The van der Waals surface area contributed by atoms with Gasteiger partial charge in [0.25, 0.3) is 0 Å². The Hall–Kier alpha value is -4.58. The Balaban J connectivity index is 1.33. The van der Waals surface area contributed by atoms with E-state index in [2.05, 4.69) is 22.8 Å². The van der Waals surface area contributed by atoms with Gasteiger partial charge in [0, 0.05) is 12.1 Å². The fourth-order valence-corrected chi connectivity index (χ4v) is 3.93. The Kier molecular flexibility index (Phi) is 6.44. The molecule has 0 saturated carbocycles. The molecule has 0 radical (unpaired) electrons. The molecule has 0 atom stereocenters. The average molecular weight is 465 g/mol. The summed E-state index contributed by atoms with van der Waals surface area (Å²) in [5.74, 6) is 1.84. The molecule has 174 valence electrons. The normalized spacial score (nSPS) is 10.8. The van der Waals surface area contributed by atoms with Crippen molar-refractivity contribution in [1.82, 2.24) is 9.55 Å². The third-order valence-electron chi connectivity index (χ3n) is 5.60. The van der Waals surface area contributed by atoms with Crippen LogP contribution in [0.4, 0.5) is 0 Å². The van der Waals surface area contributed by atoms with Crippen molar-refractivity contribution >= 4 is 17.0 Å². The lowest BCUT2D eigenvalue weighted by molar-refractivity contribution is -0.136. The minimum atomic E-state index is -0.500. The Morgan fingerprint density at radius 3 is 2.26 bits per heavy atom. The van der Waals surface area contributed by atoms with Crippen molar-refractivity contribution in [1.29, 1.82) is 0 Å². The lowest BCUT2D eigenvalue weighted by Gasteiger charge is -2.11. The number of aromatic nitrogens is 2. The minimum absolute atomic E-state index is 0.227. The summed E-state index contributed by atoms with van der Waals surface area (Å²) in [5.41, 5.74) is 4.12. The van der Waals surface area contributed by atoms with Crippen molar-refractivity contribution in [2.45, 2.75) is 6.54 Å². The zero-order valence-corrected chi connectivity index (χ0v) is 19.3. The van der Waals surface area contributed by atoms with Crippen LogP contribution < -0.4 is 14.2 Å². The number of rotatable bonds is 8. The van der Waals surface area contributed by atoms with Gasteiger partial charge in [0.2, 0.25) is 0 Å². The van der Waals surface area contributed by atoms with Crippen molar-refractivity contribution in [3.8, 4) is 28.6 Å². The molecule has 0 saturated heterocycles. The van der Waals surface area contributed by atoms with E-state index in [0.717, 1.165) is 22.4 Å². The second-order valence-corrected chi connectivity index (χ2v) is 7.93. The molecular weight excluding hydrogens is 440 g/mol. The van der Waals surface area contributed by atoms with Crippen LogP contribution in [0.1, 0.15) is 5.56 Å². The van der Waals surface area contributed by atoms with Gasteiger partial charge >= 0.3 is 5.97 Å². The van der Waals surface area contributed by atoms with Crippen LogP contribution >= 0.6 is 0 Å². The Morgan fingerprint density at radius 1 is 0.800 bits per heavy atom. The van der Waals surface area contributed by atoms with Crippen LogP contribution in [-0.4, -0.2) is 29.2 Å². The maximum atomic E-state index is 12.3. The molecule has 0 unspecified atom stereocenters. The highest BCUT2D eigenvalue weighted by atomic mass is 16.6. The Labute approximate surface area is 203 Å². The van der Waals surface area contributed by atoms with Gasteiger partial charge in [-0.3, -0.25) is 0 Å². The molecule has 1 heterocycles. The highest BCUT2D eigenvalue weighted by Gasteiger charge is 2.14. The number of benzene rings is 4. The van der Waals surface area contributed by atoms with Gasteiger partial charge in [-0.05, 0) is 54.1 Å². The maximum absolute atomic E-state index is 12.3. The number of ether oxygens (including phenoxy) is 3. The Morgan fingerprint density at radius 2 is 1.49 bits per heavy atom. The van der Waals surface area contributed by atoms with E-state index in [1.807, 2.05) is 60.7 Å². The van der Waals surface area contributed by atoms with E-state index in [-0.39, 0.29) is 6.61 Å². The number of hydrogen-bond donors (Lipinski definition) is 0. The molecule has 5 rings (SSSR count). The molecule has 0 fully saturated rings. The molecule has 0 amide bonds. The summed E-state index contributed by atoms with van der Waals surface area (Å²) in [5, 5.41) is 0. The summed E-state index contributed by atoms with van der Waals surface area (Å²) in [7, 11) is 1.55. The van der Waals surface area contributed by atoms with Gasteiger partial charge in [-0.25, -0.2) is 9.78 Å². The molecule has 1 aromatic heterocycles. The summed E-state index contributed by atoms with van der Waals surface area (Å²) in [6, 6.07) is 32.9. The molecule has 4 aromatic carbocycles. The number of carbonyl (C=O) groups excluding carboxylic acids is 1. The zero-order chi connectivity index (χ0) is 24.0. The third-order valence-corrected chi connectivity index (χ3v) is 5.60. The molecule has 5 aromatic rings. The smallest absolute Gasteiger partial charge is 0.349 e. The maximum Gasteiger partial charge on any atom is 0.349 e. The number of nitrogens with zero attached hydrogens (tertiary/aromatic N) is 2. The average Bonchev–Trinajstić information content (AvgIpc) is 3.27. The van der Waals surface area contributed by atoms with Gasteiger partial charge in [0.1, 0.15) is 11.6 Å². The molecule has 6 heteroatoms. The lowest BCUT2D eigenvalue weighted by Crippen LogP contribution is -2.17. The van der Waals surface area contributed by atoms with E-state index in [4.69, 9.17) is 19.2 Å². The number of fused-ring (bicyclic) bond motifs is 1. The van der Waals surface area contributed by atoms with Crippen LogP contribution in [0, 0.1) is 0 Å². The number of methoxy groups -OCH3 is 1. The van der Waals surface area contributed by atoms with Gasteiger partial charge in [-0.2, -0.15) is 0 Å². The van der Waals surface area contributed by atoms with Gasteiger partial charge in [-0.15, -0.1) is 0 Å². The lowest BCUT2D eigenvalue weighted by atomic mass is 10.2. The van der Waals surface area contributed by atoms with Crippen LogP contribution in [0.3, 0.4) is 0 Å². The summed E-state index contributed by atoms with van der Waals surface area (Å²) in [6.45, 7) is 0.475. The van der Waals surface area contributed by atoms with Crippen molar-refractivity contribution < 1.29 is 19.0 Å². The van der Waals surface area contributed by atoms with E-state index in [9.17, 15) is 4.79 Å². The number of esters is 1. The Bertz CT molecular complexity index is 1440. The molecular formula is C29H24N2O4. The fraction of sp³-hybridized carbons (Fsp3) is 0.103. The first-order chi connectivity index (χ1) is 17.2. The van der Waals surface area contributed by atoms with Gasteiger partial charge < -0.3 is 18.8 Å². The van der Waals surface area contributed by atoms with Gasteiger partial charge in [0.15, 0.2) is 18.1 Å². The molecule has 0 aliphatic rings. The summed E-state index contributed by atoms with van der Waals surface area (Å²) in [6.07, 6.45) is 0. The van der Waals surface area contributed by atoms with E-state index < -0.39 is 5.97 Å². The summed E-state index contributed by atoms with van der Waals surface area (Å²) < 4.78 is 18.4. The van der Waals surface area contributed by atoms with E-state index in [0.29, 0.717) is 23.8 Å². The predicted octanol–water partition coefficient (Wildman–Crippen LogP) is 5.74. The predicted molar refractivity (Wildman–Crippen MR) is 135 cm³/mol. The molecule has 0 aliphatic carbocycles. The van der Waals surface area contributed by atoms with E-state index >= 15 is 0 Å². The van der Waals surface area contributed by atoms with Crippen molar-refractivity contribution in [3.05, 3.63) is 109 Å². The van der Waals surface area contributed by atoms with E-state index in [1.54, 1.807) is 31.4 Å². The van der Waals surface area contributed by atoms with Crippen LogP contribution in [0.5, 0.6) is 17.2 Å². The SMILES string of the molecule is COc1ccccc1OCC(=O)Oc1ccc(-c2nc3ccccc3n2Cc2ccccc2)cc1. The third kappa shape index (κ3) is 5.01. The standard InChI is InChI=1S/C29H24N2O4/c1-33-26-13-7-8-14-27(26)34-20-28(32)35-23-17-15-22(16-18-23)29-30-24-11-5-6-12-25(24)31(29)19-21-9-3-2-4-10-21/h2-18H,19-20H2,1H3. The van der Waals surface area contributed by atoms with Gasteiger partial charge in [0.05, 0.1) is 18.1 Å². The number of imidazole rings is 1. The largest absolute Gasteiger partial charge is 0.493 e. The first-order valence-corrected chi connectivity index (χ1v) is 11.3. The van der Waals surface area contributed by atoms with Crippen molar-refractivity contribution in [3.63, 3.8) is 0 Å². The highest BCUT2D eigenvalue weighted by Crippen LogP contribution is 2.28. The molecule has 0 bridgehead atoms. The van der Waals surface area contributed by atoms with Crippen LogP contribution in [0.2, 0.25) is 0 Å². The molecule has 6 nitrogen and oxygen atoms in total. The summed E-state index contributed by atoms with van der Waals surface area (Å²) >= 11 is 0. The van der Waals surface area contributed by atoms with Crippen LogP contribution in [0.15, 0.2) is 103 Å². The molecule has 0 aliphatic heterocycles. The summed E-state index contributed by atoms with van der Waals surface area (Å²) in [4.78, 5) is 17.2. The first kappa shape index (κ1) is 22.2.